The summed E-state index contributed by atoms with van der Waals surface area (Å²) in [4.78, 5) is 0. The molecule has 0 amide bonds. The number of nitrogens with one attached hydrogen (secondary N) is 1. The number of hydrogen-bond acceptors (Lipinski definition) is 2. The van der Waals surface area contributed by atoms with Crippen molar-refractivity contribution in [1.29, 1.82) is 0 Å². The lowest BCUT2D eigenvalue weighted by molar-refractivity contribution is 0.151. The van der Waals surface area contributed by atoms with Gasteiger partial charge in [0.1, 0.15) is 0 Å². The van der Waals surface area contributed by atoms with Gasteiger partial charge in [-0.25, -0.2) is 8.78 Å². The van der Waals surface area contributed by atoms with E-state index in [1.54, 1.807) is 12.1 Å². The highest BCUT2D eigenvalue weighted by Gasteiger charge is 2.15. The van der Waals surface area contributed by atoms with E-state index in [1.165, 1.54) is 12.1 Å². The first-order valence-electron chi connectivity index (χ1n) is 5.83. The normalized spacial score (nSPS) is 14.9. The monoisotopic (exact) mass is 243 g/mol. The summed E-state index contributed by atoms with van der Waals surface area (Å²) < 4.78 is 25.1. The fourth-order valence-corrected chi connectivity index (χ4v) is 1.63. The Labute approximate surface area is 101 Å². The first kappa shape index (κ1) is 14.1. The summed E-state index contributed by atoms with van der Waals surface area (Å²) in [6.07, 6.45) is -1.55. The van der Waals surface area contributed by atoms with Crippen molar-refractivity contribution in [1.82, 2.24) is 5.32 Å². The zero-order valence-electron chi connectivity index (χ0n) is 10.2. The maximum Gasteiger partial charge on any atom is 0.263 e. The third-order valence-electron chi connectivity index (χ3n) is 2.85. The van der Waals surface area contributed by atoms with Gasteiger partial charge in [-0.1, -0.05) is 25.1 Å². The Morgan fingerprint density at radius 3 is 2.47 bits per heavy atom. The van der Waals surface area contributed by atoms with Crippen molar-refractivity contribution in [3.05, 3.63) is 35.4 Å². The molecule has 17 heavy (non-hydrogen) atoms. The van der Waals surface area contributed by atoms with Gasteiger partial charge in [-0.3, -0.25) is 0 Å². The number of hydrogen-bond donors (Lipinski definition) is 2. The summed E-state index contributed by atoms with van der Waals surface area (Å²) in [6, 6.07) is 6.14. The fourth-order valence-electron chi connectivity index (χ4n) is 1.63. The lowest BCUT2D eigenvalue weighted by atomic mass is 10.0. The quantitative estimate of drug-likeness (QED) is 0.805. The van der Waals surface area contributed by atoms with Crippen LogP contribution in [0.1, 0.15) is 43.9 Å². The number of aliphatic hydroxyl groups is 1. The third kappa shape index (κ3) is 4.06. The van der Waals surface area contributed by atoms with Crippen LogP contribution in [-0.4, -0.2) is 17.8 Å². The Morgan fingerprint density at radius 2 is 1.94 bits per heavy atom. The molecule has 2 atom stereocenters. The van der Waals surface area contributed by atoms with Crippen LogP contribution in [0.3, 0.4) is 0 Å². The lowest BCUT2D eigenvalue weighted by Crippen LogP contribution is -2.32. The predicted octanol–water partition coefficient (Wildman–Crippen LogP) is 3.05. The van der Waals surface area contributed by atoms with Gasteiger partial charge in [0.05, 0.1) is 12.6 Å². The molecule has 1 aromatic carbocycles. The molecule has 0 saturated heterocycles. The summed E-state index contributed by atoms with van der Waals surface area (Å²) in [5, 5.41) is 12.5. The van der Waals surface area contributed by atoms with Crippen molar-refractivity contribution < 1.29 is 13.9 Å². The molecule has 0 bridgehead atoms. The summed E-state index contributed by atoms with van der Waals surface area (Å²) in [6.45, 7) is 3.93. The van der Waals surface area contributed by atoms with Crippen molar-refractivity contribution in [2.45, 2.75) is 38.8 Å². The highest BCUT2D eigenvalue weighted by atomic mass is 19.3. The Morgan fingerprint density at radius 1 is 1.29 bits per heavy atom. The molecule has 96 valence electrons. The Balaban J connectivity index is 2.84. The van der Waals surface area contributed by atoms with Crippen LogP contribution >= 0.6 is 0 Å². The van der Waals surface area contributed by atoms with Gasteiger partial charge in [0.2, 0.25) is 0 Å². The van der Waals surface area contributed by atoms with E-state index < -0.39 is 6.43 Å². The van der Waals surface area contributed by atoms with Gasteiger partial charge < -0.3 is 10.4 Å². The van der Waals surface area contributed by atoms with Crippen molar-refractivity contribution in [3.8, 4) is 0 Å². The van der Waals surface area contributed by atoms with Crippen LogP contribution in [0.5, 0.6) is 0 Å². The summed E-state index contributed by atoms with van der Waals surface area (Å²) in [5.41, 5.74) is 0.692. The molecule has 1 rings (SSSR count). The second kappa shape index (κ2) is 6.67. The van der Waals surface area contributed by atoms with Crippen LogP contribution in [0.25, 0.3) is 0 Å². The van der Waals surface area contributed by atoms with Crippen molar-refractivity contribution >= 4 is 0 Å². The van der Waals surface area contributed by atoms with E-state index in [9.17, 15) is 13.9 Å². The predicted molar refractivity (Wildman–Crippen MR) is 64.1 cm³/mol. The Bertz CT molecular complexity index is 344. The van der Waals surface area contributed by atoms with E-state index >= 15 is 0 Å². The highest BCUT2D eigenvalue weighted by molar-refractivity contribution is 5.27. The molecule has 1 aromatic rings. The number of halogens is 2. The number of aliphatic hydroxyl groups excluding tert-OH is 1. The van der Waals surface area contributed by atoms with Gasteiger partial charge >= 0.3 is 0 Å². The van der Waals surface area contributed by atoms with Crippen molar-refractivity contribution in [2.24, 2.45) is 0 Å². The molecular weight excluding hydrogens is 224 g/mol. The largest absolute Gasteiger partial charge is 0.394 e. The molecule has 2 unspecified atom stereocenters. The number of alkyl halides is 2. The van der Waals surface area contributed by atoms with Gasteiger partial charge in [0.15, 0.2) is 0 Å². The van der Waals surface area contributed by atoms with Crippen LogP contribution in [0.15, 0.2) is 24.3 Å². The third-order valence-corrected chi connectivity index (χ3v) is 2.85. The minimum absolute atomic E-state index is 0.00750. The molecule has 0 spiro atoms. The topological polar surface area (TPSA) is 32.3 Å². The van der Waals surface area contributed by atoms with E-state index in [0.29, 0.717) is 5.56 Å². The maximum atomic E-state index is 12.6. The molecule has 0 radical (unpaired) electrons. The van der Waals surface area contributed by atoms with Gasteiger partial charge in [0.25, 0.3) is 6.43 Å². The van der Waals surface area contributed by atoms with Crippen molar-refractivity contribution in [3.63, 3.8) is 0 Å². The molecule has 2 N–H and O–H groups in total. The van der Waals surface area contributed by atoms with Gasteiger partial charge in [-0.05, 0) is 25.0 Å². The van der Waals surface area contributed by atoms with Crippen molar-refractivity contribution in [2.75, 3.05) is 6.61 Å². The molecule has 0 aliphatic carbocycles. The summed E-state index contributed by atoms with van der Waals surface area (Å²) in [5.74, 6) is 0. The zero-order chi connectivity index (χ0) is 12.8. The van der Waals surface area contributed by atoms with Crippen LogP contribution in [0.4, 0.5) is 8.78 Å². The number of benzene rings is 1. The average Bonchev–Trinajstić information content (AvgIpc) is 2.35. The molecule has 0 aromatic heterocycles. The maximum absolute atomic E-state index is 12.6. The molecule has 0 aliphatic heterocycles. The minimum Gasteiger partial charge on any atom is -0.394 e. The van der Waals surface area contributed by atoms with E-state index in [2.05, 4.69) is 5.32 Å². The Hall–Kier alpha value is -1.00. The molecule has 0 heterocycles. The summed E-state index contributed by atoms with van der Waals surface area (Å²) in [7, 11) is 0. The van der Waals surface area contributed by atoms with Crippen LogP contribution in [0.2, 0.25) is 0 Å². The molecule has 0 saturated carbocycles. The zero-order valence-corrected chi connectivity index (χ0v) is 10.2. The molecular formula is C13H19F2NO. The van der Waals surface area contributed by atoms with Crippen LogP contribution < -0.4 is 5.32 Å². The second-order valence-electron chi connectivity index (χ2n) is 4.18. The molecule has 0 fully saturated rings. The minimum atomic E-state index is -2.47. The van der Waals surface area contributed by atoms with Crippen LogP contribution in [0, 0.1) is 0 Å². The molecule has 4 heteroatoms. The number of rotatable bonds is 6. The van der Waals surface area contributed by atoms with E-state index in [-0.39, 0.29) is 24.3 Å². The summed E-state index contributed by atoms with van der Waals surface area (Å²) >= 11 is 0. The van der Waals surface area contributed by atoms with Gasteiger partial charge in [-0.15, -0.1) is 0 Å². The lowest BCUT2D eigenvalue weighted by Gasteiger charge is -2.21. The first-order valence-corrected chi connectivity index (χ1v) is 5.83. The smallest absolute Gasteiger partial charge is 0.263 e. The highest BCUT2D eigenvalue weighted by Crippen LogP contribution is 2.22. The molecule has 2 nitrogen and oxygen atoms in total. The van der Waals surface area contributed by atoms with Gasteiger partial charge in [0, 0.05) is 11.6 Å². The van der Waals surface area contributed by atoms with E-state index in [0.717, 1.165) is 6.42 Å². The average molecular weight is 243 g/mol. The van der Waals surface area contributed by atoms with E-state index in [4.69, 9.17) is 0 Å². The van der Waals surface area contributed by atoms with E-state index in [1.807, 2.05) is 13.8 Å². The SMILES string of the molecule is CCC(C)NC(CO)c1cccc(C(F)F)c1. The molecule has 0 aliphatic rings. The second-order valence-corrected chi connectivity index (χ2v) is 4.18. The first-order chi connectivity index (χ1) is 8.08. The fraction of sp³-hybridized carbons (Fsp3) is 0.538. The standard InChI is InChI=1S/C13H19F2NO/c1-3-9(2)16-12(8-17)10-5-4-6-11(7-10)13(14)15/h4-7,9,12-13,16-17H,3,8H2,1-2H3. The van der Waals surface area contributed by atoms with Gasteiger partial charge in [-0.2, -0.15) is 0 Å². The Kier molecular flexibility index (Phi) is 5.51. The van der Waals surface area contributed by atoms with Crippen LogP contribution in [-0.2, 0) is 0 Å².